The smallest absolute Gasteiger partial charge is 0.407 e. The Morgan fingerprint density at radius 1 is 1.04 bits per heavy atom. The molecular weight excluding hydrogens is 600 g/mol. The van der Waals surface area contributed by atoms with Gasteiger partial charge in [-0.3, -0.25) is 14.5 Å². The number of pyridine rings is 1. The van der Waals surface area contributed by atoms with Crippen LogP contribution in [0.4, 0.5) is 4.79 Å². The fraction of sp³-hybridized carbons (Fsp3) is 0.469. The van der Waals surface area contributed by atoms with Crippen molar-refractivity contribution in [3.8, 4) is 11.5 Å². The molecule has 242 valence electrons. The van der Waals surface area contributed by atoms with E-state index in [1.54, 1.807) is 28.8 Å². The number of sulfonamides is 1. The van der Waals surface area contributed by atoms with Gasteiger partial charge in [-0.05, 0) is 42.0 Å². The van der Waals surface area contributed by atoms with E-state index < -0.39 is 27.6 Å². The lowest BCUT2D eigenvalue weighted by atomic mass is 9.78. The molecule has 0 bridgehead atoms. The van der Waals surface area contributed by atoms with Crippen LogP contribution in [0.1, 0.15) is 49.5 Å². The first-order chi connectivity index (χ1) is 21.2. The molecule has 1 saturated heterocycles. The second-order valence-corrected chi connectivity index (χ2v) is 14.5. The molecule has 2 unspecified atom stereocenters. The number of nitrogens with zero attached hydrogens (tertiary/aromatic N) is 3. The summed E-state index contributed by atoms with van der Waals surface area (Å²) in [5.74, 6) is 0.428. The Balaban J connectivity index is 1.35. The highest BCUT2D eigenvalue weighted by Crippen LogP contribution is 2.36. The van der Waals surface area contributed by atoms with Crippen molar-refractivity contribution in [3.63, 3.8) is 0 Å². The van der Waals surface area contributed by atoms with Crippen LogP contribution in [-0.2, 0) is 23.1 Å². The number of likely N-dealkylation sites (tertiary alicyclic amines) is 1. The van der Waals surface area contributed by atoms with Crippen molar-refractivity contribution in [2.75, 3.05) is 32.6 Å². The van der Waals surface area contributed by atoms with Crippen LogP contribution in [0, 0.1) is 5.41 Å². The number of para-hydroxylation sites is 1. The molecule has 2 amide bonds. The van der Waals surface area contributed by atoms with Crippen molar-refractivity contribution in [2.45, 2.75) is 58.8 Å². The molecule has 0 saturated carbocycles. The SMILES string of the molecule is CC(C)(C)C1CC(N(Cc2ccc3c(c2)OCCO3)C(=O)O)CCN1CCn1c(=O)cc(C(=O)NS(C)(=O)=O)c2ccccc21. The summed E-state index contributed by atoms with van der Waals surface area (Å²) >= 11 is 0. The third kappa shape index (κ3) is 7.42. The molecule has 5 rings (SSSR count). The average molecular weight is 641 g/mol. The van der Waals surface area contributed by atoms with Crippen LogP contribution in [0.15, 0.2) is 53.3 Å². The molecule has 3 heterocycles. The highest BCUT2D eigenvalue weighted by atomic mass is 32.2. The number of piperidine rings is 1. The van der Waals surface area contributed by atoms with Crippen molar-refractivity contribution >= 4 is 32.9 Å². The number of rotatable bonds is 8. The molecule has 2 atom stereocenters. The number of benzene rings is 2. The quantitative estimate of drug-likeness (QED) is 0.377. The van der Waals surface area contributed by atoms with Crippen molar-refractivity contribution in [1.29, 1.82) is 0 Å². The number of hydrogen-bond donors (Lipinski definition) is 2. The normalized spacial score (nSPS) is 18.8. The molecule has 2 aromatic carbocycles. The molecule has 0 spiro atoms. The number of carboxylic acid groups (broad SMARTS) is 1. The largest absolute Gasteiger partial charge is 0.486 e. The van der Waals surface area contributed by atoms with Gasteiger partial charge in [-0.1, -0.05) is 45.0 Å². The lowest BCUT2D eigenvalue weighted by Crippen LogP contribution is -2.55. The van der Waals surface area contributed by atoms with Gasteiger partial charge in [0.2, 0.25) is 10.0 Å². The predicted molar refractivity (Wildman–Crippen MR) is 169 cm³/mol. The van der Waals surface area contributed by atoms with E-state index in [2.05, 4.69) is 25.7 Å². The zero-order valence-corrected chi connectivity index (χ0v) is 26.8. The standard InChI is InChI=1S/C32H40N4O8S/c1-32(2,3)28-18-22(36(31(39)40)20-21-9-10-26-27(17-21)44-16-15-43-26)11-12-34(28)13-14-35-25-8-6-5-7-23(25)24(19-29(35)37)30(38)33-45(4,41)42/h5-10,17,19,22,28H,11-16,18,20H2,1-4H3,(H,33,38)(H,39,40). The Hall–Kier alpha value is -4.10. The summed E-state index contributed by atoms with van der Waals surface area (Å²) in [6.45, 7) is 9.08. The Morgan fingerprint density at radius 2 is 1.76 bits per heavy atom. The number of fused-ring (bicyclic) bond motifs is 2. The monoisotopic (exact) mass is 640 g/mol. The average Bonchev–Trinajstić information content (AvgIpc) is 2.97. The number of nitrogens with one attached hydrogen (secondary N) is 1. The van der Waals surface area contributed by atoms with Crippen LogP contribution in [0.25, 0.3) is 10.9 Å². The summed E-state index contributed by atoms with van der Waals surface area (Å²) in [5, 5.41) is 10.7. The van der Waals surface area contributed by atoms with Crippen LogP contribution in [-0.4, -0.2) is 84.5 Å². The van der Waals surface area contributed by atoms with Gasteiger partial charge in [-0.2, -0.15) is 0 Å². The van der Waals surface area contributed by atoms with E-state index in [0.29, 0.717) is 68.1 Å². The summed E-state index contributed by atoms with van der Waals surface area (Å²) in [4.78, 5) is 42.3. The predicted octanol–water partition coefficient (Wildman–Crippen LogP) is 3.52. The zero-order chi connectivity index (χ0) is 32.5. The van der Waals surface area contributed by atoms with Gasteiger partial charge >= 0.3 is 6.09 Å². The Labute approximate surface area is 262 Å². The van der Waals surface area contributed by atoms with E-state index in [0.717, 1.165) is 11.8 Å². The Kier molecular flexibility index (Phi) is 9.13. The maximum Gasteiger partial charge on any atom is 0.407 e. The first kappa shape index (κ1) is 32.3. The molecule has 2 aliphatic heterocycles. The highest BCUT2D eigenvalue weighted by molar-refractivity contribution is 7.89. The van der Waals surface area contributed by atoms with Gasteiger partial charge < -0.3 is 24.0 Å². The first-order valence-electron chi connectivity index (χ1n) is 15.0. The third-order valence-electron chi connectivity index (χ3n) is 8.48. The van der Waals surface area contributed by atoms with Crippen LogP contribution in [0.2, 0.25) is 0 Å². The van der Waals surface area contributed by atoms with Gasteiger partial charge in [0.15, 0.2) is 11.5 Å². The number of aromatic nitrogens is 1. The first-order valence-corrected chi connectivity index (χ1v) is 16.9. The number of amides is 2. The van der Waals surface area contributed by atoms with Gasteiger partial charge in [0.05, 0.1) is 17.3 Å². The fourth-order valence-electron chi connectivity index (χ4n) is 6.39. The van der Waals surface area contributed by atoms with Gasteiger partial charge in [-0.15, -0.1) is 0 Å². The molecule has 3 aromatic rings. The van der Waals surface area contributed by atoms with Crippen molar-refractivity contribution in [2.24, 2.45) is 5.41 Å². The van der Waals surface area contributed by atoms with E-state index >= 15 is 0 Å². The van der Waals surface area contributed by atoms with Crippen LogP contribution in [0.5, 0.6) is 11.5 Å². The minimum absolute atomic E-state index is 0.00238. The van der Waals surface area contributed by atoms with Gasteiger partial charge in [0.25, 0.3) is 11.5 Å². The van der Waals surface area contributed by atoms with Crippen LogP contribution >= 0.6 is 0 Å². The van der Waals surface area contributed by atoms with E-state index in [4.69, 9.17) is 9.47 Å². The van der Waals surface area contributed by atoms with Gasteiger partial charge in [-0.25, -0.2) is 17.9 Å². The molecule has 45 heavy (non-hydrogen) atoms. The molecule has 2 aliphatic rings. The zero-order valence-electron chi connectivity index (χ0n) is 26.0. The molecule has 0 aliphatic carbocycles. The van der Waals surface area contributed by atoms with E-state index in [1.807, 2.05) is 22.9 Å². The van der Waals surface area contributed by atoms with Gasteiger partial charge in [0, 0.05) is 49.7 Å². The number of carbonyl (C=O) groups excluding carboxylic acids is 1. The molecule has 1 fully saturated rings. The highest BCUT2D eigenvalue weighted by Gasteiger charge is 2.39. The topological polar surface area (TPSA) is 147 Å². The second-order valence-electron chi connectivity index (χ2n) is 12.8. The third-order valence-corrected chi connectivity index (χ3v) is 9.04. The maximum atomic E-state index is 13.3. The van der Waals surface area contributed by atoms with Crippen LogP contribution in [0.3, 0.4) is 0 Å². The summed E-state index contributed by atoms with van der Waals surface area (Å²) in [6.07, 6.45) is 1.16. The van der Waals surface area contributed by atoms with E-state index in [-0.39, 0.29) is 29.6 Å². The lowest BCUT2D eigenvalue weighted by molar-refractivity contribution is 0.0131. The molecule has 0 radical (unpaired) electrons. The van der Waals surface area contributed by atoms with Crippen molar-refractivity contribution in [1.82, 2.24) is 19.1 Å². The Bertz CT molecular complexity index is 1760. The van der Waals surface area contributed by atoms with E-state index in [1.165, 1.54) is 11.0 Å². The summed E-state index contributed by atoms with van der Waals surface area (Å²) < 4.78 is 38.2. The van der Waals surface area contributed by atoms with Crippen LogP contribution < -0.4 is 19.8 Å². The number of hydrogen-bond acceptors (Lipinski definition) is 8. The molecule has 2 N–H and O–H groups in total. The van der Waals surface area contributed by atoms with Crippen molar-refractivity contribution in [3.05, 3.63) is 70.0 Å². The fourth-order valence-corrected chi connectivity index (χ4v) is 6.83. The molecule has 13 heteroatoms. The molecule has 1 aromatic heterocycles. The minimum atomic E-state index is -3.81. The van der Waals surface area contributed by atoms with Gasteiger partial charge in [0.1, 0.15) is 13.2 Å². The minimum Gasteiger partial charge on any atom is -0.486 e. The molecule has 12 nitrogen and oxygen atoms in total. The second kappa shape index (κ2) is 12.7. The summed E-state index contributed by atoms with van der Waals surface area (Å²) in [7, 11) is -3.81. The van der Waals surface area contributed by atoms with E-state index in [9.17, 15) is 27.9 Å². The number of ether oxygens (including phenoxy) is 2. The number of carbonyl (C=O) groups is 2. The Morgan fingerprint density at radius 3 is 2.44 bits per heavy atom. The van der Waals surface area contributed by atoms with Crippen molar-refractivity contribution < 1.29 is 32.6 Å². The molecular formula is C32H40N4O8S. The maximum absolute atomic E-state index is 13.3. The summed E-state index contributed by atoms with van der Waals surface area (Å²) in [6, 6.07) is 13.5. The summed E-state index contributed by atoms with van der Waals surface area (Å²) in [5.41, 5.74) is 0.766. The lowest BCUT2D eigenvalue weighted by Gasteiger charge is -2.48.